The maximum Gasteiger partial charge on any atom is 0.143 e. The average molecular weight is 337 g/mol. The molecule has 0 atom stereocenters. The van der Waals surface area contributed by atoms with E-state index in [2.05, 4.69) is 29.6 Å². The van der Waals surface area contributed by atoms with Crippen molar-refractivity contribution in [3.8, 4) is 11.4 Å². The van der Waals surface area contributed by atoms with Crippen LogP contribution in [-0.4, -0.2) is 34.3 Å². The van der Waals surface area contributed by atoms with Gasteiger partial charge in [-0.05, 0) is 12.8 Å². The van der Waals surface area contributed by atoms with Gasteiger partial charge in [0.15, 0.2) is 0 Å². The van der Waals surface area contributed by atoms with Gasteiger partial charge in [-0.3, -0.25) is 4.68 Å². The zero-order chi connectivity index (χ0) is 17.1. The molecule has 0 N–H and O–H groups in total. The van der Waals surface area contributed by atoms with Crippen LogP contribution < -0.4 is 0 Å². The van der Waals surface area contributed by atoms with Gasteiger partial charge in [-0.15, -0.1) is 0 Å². The average Bonchev–Trinajstić information content (AvgIpc) is 3.29. The summed E-state index contributed by atoms with van der Waals surface area (Å²) < 4.78 is 3.92. The maximum atomic E-state index is 4.63. The van der Waals surface area contributed by atoms with E-state index in [1.165, 1.54) is 32.1 Å². The summed E-state index contributed by atoms with van der Waals surface area (Å²) >= 11 is 0. The van der Waals surface area contributed by atoms with E-state index in [0.29, 0.717) is 5.92 Å². The third kappa shape index (κ3) is 3.45. The van der Waals surface area contributed by atoms with Gasteiger partial charge >= 0.3 is 0 Å². The van der Waals surface area contributed by atoms with Crippen molar-refractivity contribution in [1.82, 2.24) is 34.3 Å². The normalized spacial score (nSPS) is 15.6. The van der Waals surface area contributed by atoms with Crippen LogP contribution in [0.3, 0.4) is 0 Å². The van der Waals surface area contributed by atoms with Gasteiger partial charge < -0.3 is 4.57 Å². The lowest BCUT2D eigenvalue weighted by molar-refractivity contribution is 0.428. The highest BCUT2D eigenvalue weighted by molar-refractivity contribution is 5.52. The Kier molecular flexibility index (Phi) is 4.54. The molecule has 0 aliphatic heterocycles. The lowest BCUT2D eigenvalue weighted by atomic mass is 9.89. The van der Waals surface area contributed by atoms with Crippen LogP contribution in [0.15, 0.2) is 31.1 Å². The quantitative estimate of drug-likeness (QED) is 0.716. The summed E-state index contributed by atoms with van der Waals surface area (Å²) in [5.41, 5.74) is 0.961. The molecule has 0 bridgehead atoms. The van der Waals surface area contributed by atoms with Gasteiger partial charge in [0, 0.05) is 50.7 Å². The van der Waals surface area contributed by atoms with Gasteiger partial charge in [0.05, 0.1) is 5.56 Å². The zero-order valence-electron chi connectivity index (χ0n) is 14.5. The molecule has 130 valence electrons. The standard InChI is InChI=1S/C18H23N7/c1-24-16(22-13-23-24)7-9-25-10-8-19-18(25)15-11-20-17(21-12-15)14-5-3-2-4-6-14/h8,10-14H,2-7,9H2,1H3. The third-order valence-electron chi connectivity index (χ3n) is 5.00. The molecule has 25 heavy (non-hydrogen) atoms. The SMILES string of the molecule is Cn1ncnc1CCn1ccnc1-c1cnc(C2CCCCC2)nc1. The van der Waals surface area contributed by atoms with Crippen molar-refractivity contribution in [3.63, 3.8) is 0 Å². The fraction of sp³-hybridized carbons (Fsp3) is 0.500. The van der Waals surface area contributed by atoms with Crippen molar-refractivity contribution in [2.45, 2.75) is 51.0 Å². The number of aromatic nitrogens is 7. The smallest absolute Gasteiger partial charge is 0.143 e. The highest BCUT2D eigenvalue weighted by Gasteiger charge is 2.18. The van der Waals surface area contributed by atoms with Crippen molar-refractivity contribution in [1.29, 1.82) is 0 Å². The van der Waals surface area contributed by atoms with E-state index in [4.69, 9.17) is 0 Å². The highest BCUT2D eigenvalue weighted by atomic mass is 15.3. The lowest BCUT2D eigenvalue weighted by Crippen LogP contribution is -2.09. The Morgan fingerprint density at radius 2 is 1.84 bits per heavy atom. The number of imidazole rings is 1. The fourth-order valence-electron chi connectivity index (χ4n) is 3.54. The summed E-state index contributed by atoms with van der Waals surface area (Å²) in [6.07, 6.45) is 16.4. The molecule has 3 heterocycles. The van der Waals surface area contributed by atoms with E-state index in [9.17, 15) is 0 Å². The number of hydrogen-bond acceptors (Lipinski definition) is 5. The molecular formula is C18H23N7. The molecule has 1 aliphatic carbocycles. The molecule has 0 radical (unpaired) electrons. The van der Waals surface area contributed by atoms with Crippen LogP contribution in [0.1, 0.15) is 49.7 Å². The Balaban J connectivity index is 1.48. The molecule has 1 aliphatic rings. The van der Waals surface area contributed by atoms with Crippen LogP contribution >= 0.6 is 0 Å². The van der Waals surface area contributed by atoms with Gasteiger partial charge in [0.25, 0.3) is 0 Å². The lowest BCUT2D eigenvalue weighted by Gasteiger charge is -2.20. The molecule has 3 aromatic rings. The first-order chi connectivity index (χ1) is 12.3. The predicted molar refractivity (Wildman–Crippen MR) is 93.8 cm³/mol. The molecule has 4 rings (SSSR count). The topological polar surface area (TPSA) is 74.3 Å². The van der Waals surface area contributed by atoms with Crippen molar-refractivity contribution in [2.75, 3.05) is 0 Å². The van der Waals surface area contributed by atoms with Crippen LogP contribution in [0, 0.1) is 0 Å². The Morgan fingerprint density at radius 3 is 2.56 bits per heavy atom. The fourth-order valence-corrected chi connectivity index (χ4v) is 3.54. The van der Waals surface area contributed by atoms with Crippen molar-refractivity contribution in [3.05, 3.63) is 42.8 Å². The first-order valence-electron chi connectivity index (χ1n) is 8.97. The summed E-state index contributed by atoms with van der Waals surface area (Å²) in [5, 5.41) is 4.11. The van der Waals surface area contributed by atoms with Gasteiger partial charge in [-0.2, -0.15) is 5.10 Å². The minimum Gasteiger partial charge on any atom is -0.330 e. The van der Waals surface area contributed by atoms with Gasteiger partial charge in [-0.25, -0.2) is 19.9 Å². The highest BCUT2D eigenvalue weighted by Crippen LogP contribution is 2.30. The molecule has 7 heteroatoms. The molecular weight excluding hydrogens is 314 g/mol. The van der Waals surface area contributed by atoms with Crippen molar-refractivity contribution < 1.29 is 0 Å². The first kappa shape index (κ1) is 15.9. The van der Waals surface area contributed by atoms with E-state index in [1.807, 2.05) is 31.8 Å². The van der Waals surface area contributed by atoms with Crippen molar-refractivity contribution in [2.24, 2.45) is 7.05 Å². The Labute approximate surface area is 147 Å². The van der Waals surface area contributed by atoms with E-state index in [0.717, 1.165) is 36.0 Å². The minimum atomic E-state index is 0.526. The molecule has 0 aromatic carbocycles. The molecule has 7 nitrogen and oxygen atoms in total. The maximum absolute atomic E-state index is 4.63. The molecule has 0 saturated heterocycles. The molecule has 1 saturated carbocycles. The van der Waals surface area contributed by atoms with Crippen LogP contribution in [0.2, 0.25) is 0 Å². The molecule has 0 unspecified atom stereocenters. The van der Waals surface area contributed by atoms with Gasteiger partial charge in [0.2, 0.25) is 0 Å². The molecule has 3 aromatic heterocycles. The second-order valence-corrected chi connectivity index (χ2v) is 6.66. The predicted octanol–water partition coefficient (Wildman–Crippen LogP) is 2.76. The van der Waals surface area contributed by atoms with E-state index in [1.54, 1.807) is 11.0 Å². The number of aryl methyl sites for hydroxylation is 3. The summed E-state index contributed by atoms with van der Waals surface area (Å²) in [6.45, 7) is 0.798. The third-order valence-corrected chi connectivity index (χ3v) is 5.00. The van der Waals surface area contributed by atoms with Crippen LogP contribution in [0.4, 0.5) is 0 Å². The minimum absolute atomic E-state index is 0.526. The zero-order valence-corrected chi connectivity index (χ0v) is 14.5. The second kappa shape index (κ2) is 7.13. The largest absolute Gasteiger partial charge is 0.330 e. The van der Waals surface area contributed by atoms with Crippen LogP contribution in [0.5, 0.6) is 0 Å². The number of nitrogens with zero attached hydrogens (tertiary/aromatic N) is 7. The summed E-state index contributed by atoms with van der Waals surface area (Å²) in [6, 6.07) is 0. The van der Waals surface area contributed by atoms with E-state index < -0.39 is 0 Å². The van der Waals surface area contributed by atoms with Gasteiger partial charge in [-0.1, -0.05) is 19.3 Å². The Morgan fingerprint density at radius 1 is 1.04 bits per heavy atom. The number of rotatable bonds is 5. The van der Waals surface area contributed by atoms with Crippen LogP contribution in [-0.2, 0) is 20.0 Å². The summed E-state index contributed by atoms with van der Waals surface area (Å²) in [7, 11) is 1.91. The number of hydrogen-bond donors (Lipinski definition) is 0. The molecule has 0 amide bonds. The van der Waals surface area contributed by atoms with Crippen LogP contribution in [0.25, 0.3) is 11.4 Å². The monoisotopic (exact) mass is 337 g/mol. The Bertz CT molecular complexity index is 812. The Hall–Kier alpha value is -2.57. The second-order valence-electron chi connectivity index (χ2n) is 6.66. The summed E-state index contributed by atoms with van der Waals surface area (Å²) in [4.78, 5) is 18.0. The van der Waals surface area contributed by atoms with Gasteiger partial charge in [0.1, 0.15) is 23.8 Å². The van der Waals surface area contributed by atoms with Crippen molar-refractivity contribution >= 4 is 0 Å². The van der Waals surface area contributed by atoms with E-state index >= 15 is 0 Å². The van der Waals surface area contributed by atoms with E-state index in [-0.39, 0.29) is 0 Å². The summed E-state index contributed by atoms with van der Waals surface area (Å²) in [5.74, 6) is 3.38. The molecule has 1 fully saturated rings. The molecule has 0 spiro atoms. The first-order valence-corrected chi connectivity index (χ1v) is 8.97.